The molecule has 1 aromatic heterocycles. The molecule has 5 nitrogen and oxygen atoms in total. The number of fused-ring (bicyclic) bond motifs is 1. The van der Waals surface area contributed by atoms with Gasteiger partial charge in [-0.3, -0.25) is 9.80 Å². The van der Waals surface area contributed by atoms with Crippen molar-refractivity contribution in [3.63, 3.8) is 0 Å². The van der Waals surface area contributed by atoms with Crippen LogP contribution in [0.5, 0.6) is 0 Å². The number of benzene rings is 1. The average molecular weight is 389 g/mol. The van der Waals surface area contributed by atoms with E-state index in [1.165, 1.54) is 5.56 Å². The third kappa shape index (κ3) is 5.48. The second-order valence-corrected chi connectivity index (χ2v) is 7.05. The van der Waals surface area contributed by atoms with E-state index in [-0.39, 0.29) is 0 Å². The maximum Gasteiger partial charge on any atom is 0.144 e. The number of hydrogen-bond acceptors (Lipinski definition) is 5. The summed E-state index contributed by atoms with van der Waals surface area (Å²) in [6.07, 6.45) is 0.916. The Bertz CT molecular complexity index is 720. The molecule has 0 bridgehead atoms. The molecule has 1 saturated heterocycles. The van der Waals surface area contributed by atoms with Gasteiger partial charge in [0.2, 0.25) is 0 Å². The summed E-state index contributed by atoms with van der Waals surface area (Å²) in [6.45, 7) is 10.9. The van der Waals surface area contributed by atoms with Crippen LogP contribution in [0.4, 0.5) is 0 Å². The lowest BCUT2D eigenvalue weighted by Crippen LogP contribution is -2.36. The van der Waals surface area contributed by atoms with Gasteiger partial charge in [0.15, 0.2) is 0 Å². The van der Waals surface area contributed by atoms with Gasteiger partial charge in [0, 0.05) is 38.3 Å². The molecule has 4 rings (SSSR count). The van der Waals surface area contributed by atoms with E-state index in [4.69, 9.17) is 21.3 Å². The average Bonchev–Trinajstić information content (AvgIpc) is 2.71. The Morgan fingerprint density at radius 2 is 1.70 bits per heavy atom. The minimum absolute atomic E-state index is 0.632. The van der Waals surface area contributed by atoms with E-state index < -0.39 is 0 Å². The zero-order valence-corrected chi connectivity index (χ0v) is 17.1. The number of morpholine rings is 1. The molecule has 0 unspecified atom stereocenters. The Balaban J connectivity index is 0.00000102. The van der Waals surface area contributed by atoms with Crippen LogP contribution in [0.3, 0.4) is 0 Å². The van der Waals surface area contributed by atoms with Crippen LogP contribution in [0.15, 0.2) is 30.3 Å². The molecule has 2 aliphatic heterocycles. The molecular weight excluding hydrogens is 360 g/mol. The molecule has 146 valence electrons. The third-order valence-corrected chi connectivity index (χ3v) is 5.17. The van der Waals surface area contributed by atoms with Crippen LogP contribution in [0.1, 0.15) is 36.5 Å². The molecule has 0 amide bonds. The zero-order valence-electron chi connectivity index (χ0n) is 16.3. The summed E-state index contributed by atoms with van der Waals surface area (Å²) >= 11 is 6.46. The highest BCUT2D eigenvalue weighted by molar-refractivity contribution is 6.30. The summed E-state index contributed by atoms with van der Waals surface area (Å²) in [5, 5.41) is 0.632. The molecule has 6 heteroatoms. The van der Waals surface area contributed by atoms with Crippen LogP contribution in [0.2, 0.25) is 5.15 Å². The van der Waals surface area contributed by atoms with Crippen LogP contribution in [0.25, 0.3) is 0 Å². The van der Waals surface area contributed by atoms with Gasteiger partial charge in [0.05, 0.1) is 25.5 Å². The highest BCUT2D eigenvalue weighted by Crippen LogP contribution is 2.25. The number of ether oxygens (including phenoxy) is 1. The molecule has 0 radical (unpaired) electrons. The number of halogens is 1. The third-order valence-electron chi connectivity index (χ3n) is 4.86. The van der Waals surface area contributed by atoms with E-state index in [1.807, 2.05) is 13.8 Å². The van der Waals surface area contributed by atoms with Crippen molar-refractivity contribution in [2.24, 2.45) is 0 Å². The molecule has 1 aromatic carbocycles. The first-order valence-electron chi connectivity index (χ1n) is 9.88. The maximum absolute atomic E-state index is 6.46. The van der Waals surface area contributed by atoms with Crippen molar-refractivity contribution < 1.29 is 4.74 Å². The fourth-order valence-electron chi connectivity index (χ4n) is 3.49. The molecule has 1 fully saturated rings. The molecule has 0 N–H and O–H groups in total. The van der Waals surface area contributed by atoms with Crippen molar-refractivity contribution in [1.29, 1.82) is 0 Å². The first-order valence-corrected chi connectivity index (χ1v) is 10.3. The van der Waals surface area contributed by atoms with Crippen molar-refractivity contribution in [3.05, 3.63) is 58.1 Å². The standard InChI is InChI=1S/C19H23ClN4O.C2H6/c20-19-16-6-7-24(12-15-4-2-1-3-5-15)13-17(16)21-18(22-19)14-23-8-10-25-11-9-23;1-2/h1-5H,6-14H2;1-2H3. The van der Waals surface area contributed by atoms with E-state index >= 15 is 0 Å². The van der Waals surface area contributed by atoms with Gasteiger partial charge in [0.25, 0.3) is 0 Å². The SMILES string of the molecule is CC.Clc1nc(CN2CCOCC2)nc2c1CCN(Cc1ccccc1)C2. The van der Waals surface area contributed by atoms with Gasteiger partial charge in [-0.1, -0.05) is 55.8 Å². The molecule has 0 spiro atoms. The Morgan fingerprint density at radius 3 is 2.44 bits per heavy atom. The Labute approximate surface area is 167 Å². The second kappa shape index (κ2) is 10.1. The summed E-state index contributed by atoms with van der Waals surface area (Å²) in [6, 6.07) is 10.6. The number of rotatable bonds is 4. The Morgan fingerprint density at radius 1 is 0.963 bits per heavy atom. The van der Waals surface area contributed by atoms with Gasteiger partial charge in [-0.05, 0) is 12.0 Å². The summed E-state index contributed by atoms with van der Waals surface area (Å²) in [5.41, 5.74) is 3.54. The van der Waals surface area contributed by atoms with E-state index in [0.29, 0.717) is 5.15 Å². The number of aromatic nitrogens is 2. The number of nitrogens with zero attached hydrogens (tertiary/aromatic N) is 4. The zero-order chi connectivity index (χ0) is 19.1. The first kappa shape index (κ1) is 20.2. The van der Waals surface area contributed by atoms with E-state index in [9.17, 15) is 0 Å². The lowest BCUT2D eigenvalue weighted by atomic mass is 10.1. The topological polar surface area (TPSA) is 41.5 Å². The minimum atomic E-state index is 0.632. The largest absolute Gasteiger partial charge is 0.379 e. The van der Waals surface area contributed by atoms with Crippen LogP contribution in [0, 0.1) is 0 Å². The second-order valence-electron chi connectivity index (χ2n) is 6.69. The summed E-state index contributed by atoms with van der Waals surface area (Å²) in [5.74, 6) is 0.826. The van der Waals surface area contributed by atoms with Gasteiger partial charge in [-0.25, -0.2) is 9.97 Å². The molecule has 2 aliphatic rings. The normalized spacial score (nSPS) is 17.7. The predicted molar refractivity (Wildman–Crippen MR) is 109 cm³/mol. The van der Waals surface area contributed by atoms with Crippen molar-refractivity contribution in [3.8, 4) is 0 Å². The van der Waals surface area contributed by atoms with Crippen LogP contribution in [-0.2, 0) is 30.8 Å². The van der Waals surface area contributed by atoms with Crippen molar-refractivity contribution in [2.75, 3.05) is 32.8 Å². The molecule has 27 heavy (non-hydrogen) atoms. The van der Waals surface area contributed by atoms with Gasteiger partial charge in [-0.2, -0.15) is 0 Å². The molecule has 0 saturated carbocycles. The summed E-state index contributed by atoms with van der Waals surface area (Å²) in [7, 11) is 0. The smallest absolute Gasteiger partial charge is 0.144 e. The predicted octanol–water partition coefficient (Wildman–Crippen LogP) is 3.55. The lowest BCUT2D eigenvalue weighted by Gasteiger charge is -2.29. The van der Waals surface area contributed by atoms with Gasteiger partial charge < -0.3 is 4.74 Å². The minimum Gasteiger partial charge on any atom is -0.379 e. The quantitative estimate of drug-likeness (QED) is 0.749. The van der Waals surface area contributed by atoms with Crippen LogP contribution >= 0.6 is 11.6 Å². The maximum atomic E-state index is 6.46. The van der Waals surface area contributed by atoms with Gasteiger partial charge in [0.1, 0.15) is 11.0 Å². The molecule has 2 aromatic rings. The molecule has 0 atom stereocenters. The summed E-state index contributed by atoms with van der Waals surface area (Å²) < 4.78 is 5.41. The summed E-state index contributed by atoms with van der Waals surface area (Å²) in [4.78, 5) is 14.1. The number of hydrogen-bond donors (Lipinski definition) is 0. The van der Waals surface area contributed by atoms with Crippen LogP contribution < -0.4 is 0 Å². The van der Waals surface area contributed by atoms with Crippen LogP contribution in [-0.4, -0.2) is 52.6 Å². The van der Waals surface area contributed by atoms with Crippen molar-refractivity contribution in [1.82, 2.24) is 19.8 Å². The van der Waals surface area contributed by atoms with E-state index in [1.54, 1.807) is 0 Å². The van der Waals surface area contributed by atoms with Crippen molar-refractivity contribution in [2.45, 2.75) is 39.9 Å². The van der Waals surface area contributed by atoms with Gasteiger partial charge >= 0.3 is 0 Å². The fraction of sp³-hybridized carbons (Fsp3) is 0.524. The lowest BCUT2D eigenvalue weighted by molar-refractivity contribution is 0.0330. The van der Waals surface area contributed by atoms with Crippen molar-refractivity contribution >= 4 is 11.6 Å². The Hall–Kier alpha value is -1.53. The molecular formula is C21H29ClN4O. The monoisotopic (exact) mass is 388 g/mol. The highest BCUT2D eigenvalue weighted by atomic mass is 35.5. The van der Waals surface area contributed by atoms with E-state index in [2.05, 4.69) is 45.1 Å². The van der Waals surface area contributed by atoms with E-state index in [0.717, 1.165) is 76.0 Å². The fourth-order valence-corrected chi connectivity index (χ4v) is 3.79. The Kier molecular flexibility index (Phi) is 7.59. The molecule has 3 heterocycles. The first-order chi connectivity index (χ1) is 13.3. The molecule has 0 aliphatic carbocycles. The highest BCUT2D eigenvalue weighted by Gasteiger charge is 2.22. The van der Waals surface area contributed by atoms with Gasteiger partial charge in [-0.15, -0.1) is 0 Å².